The van der Waals surface area contributed by atoms with Gasteiger partial charge in [0.15, 0.2) is 5.69 Å². The van der Waals surface area contributed by atoms with Crippen LogP contribution in [0.4, 0.5) is 0 Å². The van der Waals surface area contributed by atoms with Crippen LogP contribution in [0.1, 0.15) is 48.7 Å². The summed E-state index contributed by atoms with van der Waals surface area (Å²) in [4.78, 5) is 18.9. The maximum atomic E-state index is 12.9. The lowest BCUT2D eigenvalue weighted by Crippen LogP contribution is -2.36. The number of pyridine rings is 1. The molecule has 1 saturated heterocycles. The predicted octanol–water partition coefficient (Wildman–Crippen LogP) is 3.58. The number of hydrogen-bond donors (Lipinski definition) is 0. The molecule has 0 N–H and O–H groups in total. The van der Waals surface area contributed by atoms with E-state index in [2.05, 4.69) is 17.0 Å². The van der Waals surface area contributed by atoms with E-state index >= 15 is 0 Å². The van der Waals surface area contributed by atoms with Crippen LogP contribution in [0.3, 0.4) is 0 Å². The third-order valence-electron chi connectivity index (χ3n) is 4.53. The molecule has 3 heterocycles. The lowest BCUT2D eigenvalue weighted by atomic mass is 10.0. The first-order valence-electron chi connectivity index (χ1n) is 8.62. The van der Waals surface area contributed by atoms with Crippen LogP contribution >= 0.6 is 11.6 Å². The van der Waals surface area contributed by atoms with Gasteiger partial charge >= 0.3 is 0 Å². The number of halogens is 1. The number of aryl methyl sites for hydroxylation is 2. The number of likely N-dealkylation sites (tertiary alicyclic amines) is 1. The number of amides is 1. The standard InChI is InChI=1S/C18H23ClN4O/c1-2-11-22-13-16(19)17(21-22)18(24)23-12-3-4-15(23)6-5-14-7-9-20-10-8-14/h7-10,13,15H,2-6,11-12H2,1H3/t15-/m1/s1. The predicted molar refractivity (Wildman–Crippen MR) is 94.1 cm³/mol. The van der Waals surface area contributed by atoms with Crippen molar-refractivity contribution in [3.63, 3.8) is 0 Å². The minimum Gasteiger partial charge on any atom is -0.334 e. The van der Waals surface area contributed by atoms with Gasteiger partial charge in [-0.25, -0.2) is 0 Å². The summed E-state index contributed by atoms with van der Waals surface area (Å²) < 4.78 is 1.76. The molecule has 128 valence electrons. The number of aromatic nitrogens is 3. The highest BCUT2D eigenvalue weighted by Gasteiger charge is 2.31. The Morgan fingerprint density at radius 1 is 1.38 bits per heavy atom. The fourth-order valence-electron chi connectivity index (χ4n) is 3.31. The largest absolute Gasteiger partial charge is 0.334 e. The molecule has 0 unspecified atom stereocenters. The summed E-state index contributed by atoms with van der Waals surface area (Å²) in [7, 11) is 0. The monoisotopic (exact) mass is 346 g/mol. The Hall–Kier alpha value is -1.88. The van der Waals surface area contributed by atoms with Crippen molar-refractivity contribution >= 4 is 17.5 Å². The average molecular weight is 347 g/mol. The SMILES string of the molecule is CCCn1cc(Cl)c(C(=O)N2CCC[C@@H]2CCc2ccncc2)n1. The Labute approximate surface area is 147 Å². The maximum absolute atomic E-state index is 12.9. The van der Waals surface area contributed by atoms with Crippen LogP contribution in [0.5, 0.6) is 0 Å². The van der Waals surface area contributed by atoms with Crippen molar-refractivity contribution < 1.29 is 4.79 Å². The van der Waals surface area contributed by atoms with Crippen molar-refractivity contribution in [3.05, 3.63) is 47.0 Å². The third-order valence-corrected chi connectivity index (χ3v) is 4.80. The molecule has 5 nitrogen and oxygen atoms in total. The molecule has 1 atom stereocenters. The molecule has 2 aromatic heterocycles. The molecule has 0 saturated carbocycles. The van der Waals surface area contributed by atoms with Gasteiger partial charge in [-0.1, -0.05) is 18.5 Å². The van der Waals surface area contributed by atoms with E-state index in [1.807, 2.05) is 29.4 Å². The van der Waals surface area contributed by atoms with E-state index in [9.17, 15) is 4.79 Å². The number of rotatable bonds is 6. The highest BCUT2D eigenvalue weighted by molar-refractivity contribution is 6.33. The van der Waals surface area contributed by atoms with Crippen molar-refractivity contribution in [1.29, 1.82) is 0 Å². The summed E-state index contributed by atoms with van der Waals surface area (Å²) >= 11 is 6.24. The van der Waals surface area contributed by atoms with Crippen LogP contribution in [0.15, 0.2) is 30.7 Å². The molecule has 3 rings (SSSR count). The molecule has 0 aromatic carbocycles. The van der Waals surface area contributed by atoms with E-state index in [-0.39, 0.29) is 11.9 Å². The van der Waals surface area contributed by atoms with Crippen LogP contribution < -0.4 is 0 Å². The van der Waals surface area contributed by atoms with Crippen molar-refractivity contribution in [2.24, 2.45) is 0 Å². The van der Waals surface area contributed by atoms with Gasteiger partial charge in [-0.15, -0.1) is 0 Å². The molecule has 2 aromatic rings. The van der Waals surface area contributed by atoms with E-state index in [4.69, 9.17) is 11.6 Å². The Bertz CT molecular complexity index is 686. The van der Waals surface area contributed by atoms with Crippen molar-refractivity contribution in [2.45, 2.75) is 51.6 Å². The number of carbonyl (C=O) groups excluding carboxylic acids is 1. The summed E-state index contributed by atoms with van der Waals surface area (Å²) in [6, 6.07) is 4.33. The smallest absolute Gasteiger partial charge is 0.276 e. The van der Waals surface area contributed by atoms with Gasteiger partial charge in [-0.3, -0.25) is 14.5 Å². The zero-order valence-electron chi connectivity index (χ0n) is 14.0. The molecule has 1 amide bonds. The van der Waals surface area contributed by atoms with Gasteiger partial charge in [-0.2, -0.15) is 5.10 Å². The minimum absolute atomic E-state index is 0.0351. The fraction of sp³-hybridized carbons (Fsp3) is 0.500. The van der Waals surface area contributed by atoms with Gasteiger partial charge in [0.1, 0.15) is 0 Å². The summed E-state index contributed by atoms with van der Waals surface area (Å²) in [6.07, 6.45) is 10.3. The van der Waals surface area contributed by atoms with Gasteiger partial charge in [-0.05, 0) is 49.8 Å². The molecule has 1 aliphatic rings. The number of hydrogen-bond acceptors (Lipinski definition) is 3. The number of nitrogens with zero attached hydrogens (tertiary/aromatic N) is 4. The lowest BCUT2D eigenvalue weighted by molar-refractivity contribution is 0.0724. The van der Waals surface area contributed by atoms with Gasteiger partial charge < -0.3 is 4.90 Å². The summed E-state index contributed by atoms with van der Waals surface area (Å²) in [6.45, 7) is 3.64. The van der Waals surface area contributed by atoms with E-state index in [1.54, 1.807) is 10.9 Å². The van der Waals surface area contributed by atoms with E-state index in [1.165, 1.54) is 5.56 Å². The average Bonchev–Trinajstić information content (AvgIpc) is 3.20. The Morgan fingerprint density at radius 3 is 2.92 bits per heavy atom. The van der Waals surface area contributed by atoms with Crippen molar-refractivity contribution in [2.75, 3.05) is 6.54 Å². The molecule has 1 aliphatic heterocycles. The summed E-state index contributed by atoms with van der Waals surface area (Å²) in [5.74, 6) is -0.0351. The molecule has 1 fully saturated rings. The second-order valence-electron chi connectivity index (χ2n) is 6.28. The van der Waals surface area contributed by atoms with Crippen LogP contribution in [-0.4, -0.2) is 38.2 Å². The zero-order valence-corrected chi connectivity index (χ0v) is 14.7. The fourth-order valence-corrected chi connectivity index (χ4v) is 3.54. The molecule has 0 spiro atoms. The topological polar surface area (TPSA) is 51.0 Å². The quantitative estimate of drug-likeness (QED) is 0.803. The minimum atomic E-state index is -0.0351. The van der Waals surface area contributed by atoms with Gasteiger partial charge in [0, 0.05) is 37.7 Å². The third kappa shape index (κ3) is 3.78. The second kappa shape index (κ2) is 7.79. The van der Waals surface area contributed by atoms with Crippen molar-refractivity contribution in [1.82, 2.24) is 19.7 Å². The molecular formula is C18H23ClN4O. The lowest BCUT2D eigenvalue weighted by Gasteiger charge is -2.24. The molecule has 6 heteroatoms. The van der Waals surface area contributed by atoms with Gasteiger partial charge in [0.25, 0.3) is 5.91 Å². The first kappa shape index (κ1) is 17.0. The van der Waals surface area contributed by atoms with Crippen LogP contribution in [0.2, 0.25) is 5.02 Å². The molecule has 24 heavy (non-hydrogen) atoms. The van der Waals surface area contributed by atoms with Gasteiger partial charge in [0.05, 0.1) is 5.02 Å². The molecule has 0 radical (unpaired) electrons. The second-order valence-corrected chi connectivity index (χ2v) is 6.68. The van der Waals surface area contributed by atoms with Crippen LogP contribution in [0.25, 0.3) is 0 Å². The highest BCUT2D eigenvalue weighted by Crippen LogP contribution is 2.26. The molecule has 0 aliphatic carbocycles. The Kier molecular flexibility index (Phi) is 5.51. The van der Waals surface area contributed by atoms with E-state index in [0.717, 1.165) is 45.2 Å². The molecular weight excluding hydrogens is 324 g/mol. The highest BCUT2D eigenvalue weighted by atomic mass is 35.5. The van der Waals surface area contributed by atoms with Crippen LogP contribution in [0, 0.1) is 0 Å². The maximum Gasteiger partial charge on any atom is 0.276 e. The summed E-state index contributed by atoms with van der Waals surface area (Å²) in [5.41, 5.74) is 1.65. The van der Waals surface area contributed by atoms with Crippen molar-refractivity contribution in [3.8, 4) is 0 Å². The first-order valence-corrected chi connectivity index (χ1v) is 8.99. The number of carbonyl (C=O) groups is 1. The molecule has 0 bridgehead atoms. The first-order chi connectivity index (χ1) is 11.7. The van der Waals surface area contributed by atoms with Gasteiger partial charge in [0.2, 0.25) is 0 Å². The van der Waals surface area contributed by atoms with Crippen LogP contribution in [-0.2, 0) is 13.0 Å². The summed E-state index contributed by atoms with van der Waals surface area (Å²) in [5, 5.41) is 4.83. The van der Waals surface area contributed by atoms with E-state index in [0.29, 0.717) is 10.7 Å². The normalized spacial score (nSPS) is 17.4. The Morgan fingerprint density at radius 2 is 2.17 bits per heavy atom. The Balaban J connectivity index is 1.67. The zero-order chi connectivity index (χ0) is 16.9. The van der Waals surface area contributed by atoms with E-state index < -0.39 is 0 Å².